The molecule has 2 heteroatoms. The summed E-state index contributed by atoms with van der Waals surface area (Å²) in [5.41, 5.74) is 4.38. The number of ether oxygens (including phenoxy) is 1. The minimum Gasteiger partial charge on any atom is -0.387 e. The predicted octanol–water partition coefficient (Wildman–Crippen LogP) is 5.63. The van der Waals surface area contributed by atoms with Crippen LogP contribution in [0.25, 0.3) is 0 Å². The number of allylic oxidation sites excluding steroid dienone is 6. The third-order valence-electron chi connectivity index (χ3n) is 7.30. The summed E-state index contributed by atoms with van der Waals surface area (Å²) in [4.78, 5) is 0. The third-order valence-corrected chi connectivity index (χ3v) is 7.30. The summed E-state index contributed by atoms with van der Waals surface area (Å²) in [7, 11) is 0. The maximum absolute atomic E-state index is 6.62. The first-order chi connectivity index (χ1) is 13.7. The van der Waals surface area contributed by atoms with Gasteiger partial charge in [-0.25, -0.2) is 0 Å². The zero-order valence-electron chi connectivity index (χ0n) is 17.2. The van der Waals surface area contributed by atoms with Crippen molar-refractivity contribution >= 4 is 0 Å². The van der Waals surface area contributed by atoms with Crippen LogP contribution in [0.5, 0.6) is 0 Å². The number of nitrogens with one attached hydrogen (secondary N) is 1. The van der Waals surface area contributed by atoms with E-state index >= 15 is 0 Å². The highest BCUT2D eigenvalue weighted by Crippen LogP contribution is 2.46. The van der Waals surface area contributed by atoms with Gasteiger partial charge in [0.15, 0.2) is 0 Å². The Morgan fingerprint density at radius 2 is 2.00 bits per heavy atom. The highest BCUT2D eigenvalue weighted by atomic mass is 16.5. The molecule has 1 N–H and O–H groups in total. The summed E-state index contributed by atoms with van der Waals surface area (Å²) in [6.45, 7) is 4.68. The molecule has 6 atom stereocenters. The van der Waals surface area contributed by atoms with Crippen LogP contribution >= 0.6 is 0 Å². The molecule has 28 heavy (non-hydrogen) atoms. The van der Waals surface area contributed by atoms with Crippen LogP contribution in [0.2, 0.25) is 0 Å². The van der Waals surface area contributed by atoms with E-state index in [1.54, 1.807) is 0 Å². The molecule has 0 bridgehead atoms. The summed E-state index contributed by atoms with van der Waals surface area (Å²) >= 11 is 0. The van der Waals surface area contributed by atoms with Crippen molar-refractivity contribution in [2.45, 2.75) is 64.2 Å². The number of hydrogen-bond donors (Lipinski definition) is 1. The molecule has 5 aliphatic rings. The Morgan fingerprint density at radius 3 is 2.82 bits per heavy atom. The molecule has 0 amide bonds. The fraction of sp³-hybridized carbons (Fsp3) is 0.538. The lowest BCUT2D eigenvalue weighted by molar-refractivity contribution is 0.0477. The van der Waals surface area contributed by atoms with Crippen LogP contribution in [0, 0.1) is 23.7 Å². The van der Waals surface area contributed by atoms with Gasteiger partial charge in [-0.1, -0.05) is 62.5 Å². The molecule has 3 aliphatic carbocycles. The molecule has 1 saturated heterocycles. The van der Waals surface area contributed by atoms with Gasteiger partial charge < -0.3 is 10.1 Å². The standard InChI is InChI=1S/C26H33NO/c1-17(2)25-23(18-9-4-3-5-10-18)15-19(16-27-25)20-12-8-13-22-21-11-6-7-14-24(21)28-26(20)22/h4,6,8-13,16-17,21-27H,3,5,7,14-15H2,1-2H3. The Balaban J connectivity index is 1.42. The molecule has 0 aromatic heterocycles. The largest absolute Gasteiger partial charge is 0.387 e. The Morgan fingerprint density at radius 1 is 1.07 bits per heavy atom. The van der Waals surface area contributed by atoms with E-state index < -0.39 is 0 Å². The van der Waals surface area contributed by atoms with Crippen LogP contribution < -0.4 is 5.32 Å². The Kier molecular flexibility index (Phi) is 4.92. The first-order valence-corrected chi connectivity index (χ1v) is 11.2. The fourth-order valence-corrected chi connectivity index (χ4v) is 5.86. The van der Waals surface area contributed by atoms with Crippen molar-refractivity contribution in [3.8, 4) is 0 Å². The number of rotatable bonds is 3. The molecule has 5 rings (SSSR count). The summed E-state index contributed by atoms with van der Waals surface area (Å²) in [5.74, 6) is 2.21. The minimum absolute atomic E-state index is 0.225. The van der Waals surface area contributed by atoms with Gasteiger partial charge in [0.2, 0.25) is 0 Å². The lowest BCUT2D eigenvalue weighted by atomic mass is 9.73. The summed E-state index contributed by atoms with van der Waals surface area (Å²) < 4.78 is 6.62. The number of hydrogen-bond acceptors (Lipinski definition) is 2. The fourth-order valence-electron chi connectivity index (χ4n) is 5.86. The van der Waals surface area contributed by atoms with Gasteiger partial charge in [-0.3, -0.25) is 0 Å². The highest BCUT2D eigenvalue weighted by molar-refractivity contribution is 5.45. The SMILES string of the molecule is CC(C)C1NC=C(C2=CC=CC3C2OC2CCC=CC23)CC1C1=CCCC=C1. The minimum atomic E-state index is 0.225. The molecule has 6 unspecified atom stereocenters. The first kappa shape index (κ1) is 18.2. The Bertz CT molecular complexity index is 793. The first-order valence-electron chi connectivity index (χ1n) is 11.2. The smallest absolute Gasteiger partial charge is 0.0901 e. The summed E-state index contributed by atoms with van der Waals surface area (Å²) in [5, 5.41) is 3.78. The monoisotopic (exact) mass is 375 g/mol. The van der Waals surface area contributed by atoms with Crippen LogP contribution in [0.4, 0.5) is 0 Å². The van der Waals surface area contributed by atoms with E-state index in [1.165, 1.54) is 36.0 Å². The maximum Gasteiger partial charge on any atom is 0.0901 e. The molecule has 0 aromatic carbocycles. The van der Waals surface area contributed by atoms with Crippen LogP contribution in [0.3, 0.4) is 0 Å². The van der Waals surface area contributed by atoms with E-state index in [1.807, 2.05) is 0 Å². The van der Waals surface area contributed by atoms with Gasteiger partial charge in [0, 0.05) is 30.0 Å². The Labute approximate surface area is 169 Å². The quantitative estimate of drug-likeness (QED) is 0.646. The van der Waals surface area contributed by atoms with Crippen molar-refractivity contribution in [3.05, 3.63) is 71.5 Å². The molecule has 0 saturated carbocycles. The van der Waals surface area contributed by atoms with Crippen molar-refractivity contribution in [2.24, 2.45) is 23.7 Å². The second-order valence-electron chi connectivity index (χ2n) is 9.36. The molecular weight excluding hydrogens is 342 g/mol. The average Bonchev–Trinajstić information content (AvgIpc) is 3.13. The highest BCUT2D eigenvalue weighted by Gasteiger charge is 2.46. The predicted molar refractivity (Wildman–Crippen MR) is 116 cm³/mol. The van der Waals surface area contributed by atoms with E-state index in [4.69, 9.17) is 4.74 Å². The normalized spacial score (nSPS) is 39.0. The molecule has 1 fully saturated rings. The van der Waals surface area contributed by atoms with E-state index in [0.717, 1.165) is 12.8 Å². The van der Waals surface area contributed by atoms with Crippen LogP contribution in [-0.2, 0) is 4.74 Å². The third kappa shape index (κ3) is 3.16. The van der Waals surface area contributed by atoms with E-state index in [2.05, 4.69) is 74.0 Å². The Hall–Kier alpha value is -1.80. The zero-order chi connectivity index (χ0) is 19.1. The molecule has 2 heterocycles. The molecule has 2 nitrogen and oxygen atoms in total. The van der Waals surface area contributed by atoms with Crippen molar-refractivity contribution in [1.82, 2.24) is 5.32 Å². The van der Waals surface area contributed by atoms with Gasteiger partial charge in [-0.15, -0.1) is 0 Å². The average molecular weight is 376 g/mol. The van der Waals surface area contributed by atoms with Gasteiger partial charge in [0.1, 0.15) is 0 Å². The van der Waals surface area contributed by atoms with Gasteiger partial charge in [0.05, 0.1) is 12.2 Å². The van der Waals surface area contributed by atoms with Crippen molar-refractivity contribution < 1.29 is 4.74 Å². The van der Waals surface area contributed by atoms with Gasteiger partial charge in [-0.05, 0) is 54.7 Å². The lowest BCUT2D eigenvalue weighted by Crippen LogP contribution is -2.42. The maximum atomic E-state index is 6.62. The van der Waals surface area contributed by atoms with Gasteiger partial charge in [0.25, 0.3) is 0 Å². The van der Waals surface area contributed by atoms with Gasteiger partial charge in [-0.2, -0.15) is 0 Å². The molecular formula is C26H33NO. The molecule has 0 spiro atoms. The second kappa shape index (κ2) is 7.55. The van der Waals surface area contributed by atoms with E-state index in [0.29, 0.717) is 35.8 Å². The van der Waals surface area contributed by atoms with Crippen molar-refractivity contribution in [1.29, 1.82) is 0 Å². The van der Waals surface area contributed by atoms with E-state index in [-0.39, 0.29) is 6.10 Å². The lowest BCUT2D eigenvalue weighted by Gasteiger charge is -2.38. The van der Waals surface area contributed by atoms with Crippen molar-refractivity contribution in [3.63, 3.8) is 0 Å². The topological polar surface area (TPSA) is 21.3 Å². The molecule has 0 aromatic rings. The summed E-state index contributed by atoms with van der Waals surface area (Å²) in [6.07, 6.45) is 27.6. The van der Waals surface area contributed by atoms with E-state index in [9.17, 15) is 0 Å². The van der Waals surface area contributed by atoms with Crippen LogP contribution in [0.1, 0.15) is 46.0 Å². The van der Waals surface area contributed by atoms with Gasteiger partial charge >= 0.3 is 0 Å². The zero-order valence-corrected chi connectivity index (χ0v) is 17.2. The van der Waals surface area contributed by atoms with Crippen LogP contribution in [-0.4, -0.2) is 18.2 Å². The van der Waals surface area contributed by atoms with Crippen LogP contribution in [0.15, 0.2) is 71.5 Å². The molecule has 148 valence electrons. The number of fused-ring (bicyclic) bond motifs is 3. The second-order valence-corrected chi connectivity index (χ2v) is 9.36. The van der Waals surface area contributed by atoms with Crippen molar-refractivity contribution in [2.75, 3.05) is 0 Å². The molecule has 0 radical (unpaired) electrons. The summed E-state index contributed by atoms with van der Waals surface area (Å²) in [6, 6.07) is 0.503. The molecule has 2 aliphatic heterocycles.